The molecule has 0 spiro atoms. The van der Waals surface area contributed by atoms with Crippen molar-refractivity contribution >= 4 is 21.9 Å². The SMILES string of the molecule is O=C(OC1C2CC3CC(C2)CC1C3)c1cccc(Br)c1. The van der Waals surface area contributed by atoms with Crippen LogP contribution in [0.4, 0.5) is 0 Å². The smallest absolute Gasteiger partial charge is 0.338 e. The molecule has 0 radical (unpaired) electrons. The fourth-order valence-corrected chi connectivity index (χ4v) is 5.27. The summed E-state index contributed by atoms with van der Waals surface area (Å²) in [5.74, 6) is 2.94. The number of hydrogen-bond acceptors (Lipinski definition) is 2. The molecule has 4 aliphatic rings. The van der Waals surface area contributed by atoms with Gasteiger partial charge in [-0.05, 0) is 74.0 Å². The van der Waals surface area contributed by atoms with Gasteiger partial charge in [0.05, 0.1) is 5.56 Å². The Kier molecular flexibility index (Phi) is 3.13. The third kappa shape index (κ3) is 2.20. The fraction of sp³-hybridized carbons (Fsp3) is 0.588. The number of benzene rings is 1. The van der Waals surface area contributed by atoms with Crippen LogP contribution >= 0.6 is 15.9 Å². The molecule has 4 aliphatic carbocycles. The molecule has 0 saturated heterocycles. The Balaban J connectivity index is 1.50. The summed E-state index contributed by atoms with van der Waals surface area (Å²) in [7, 11) is 0. The lowest BCUT2D eigenvalue weighted by Crippen LogP contribution is -2.50. The molecule has 0 N–H and O–H groups in total. The van der Waals surface area contributed by atoms with E-state index in [9.17, 15) is 4.79 Å². The fourth-order valence-electron chi connectivity index (χ4n) is 4.87. The highest BCUT2D eigenvalue weighted by Gasteiger charge is 2.49. The molecular weight excluding hydrogens is 316 g/mol. The minimum atomic E-state index is -0.149. The normalized spacial score (nSPS) is 38.0. The van der Waals surface area contributed by atoms with Gasteiger partial charge >= 0.3 is 5.97 Å². The predicted octanol–water partition coefficient (Wildman–Crippen LogP) is 4.43. The van der Waals surface area contributed by atoms with Crippen molar-refractivity contribution in [3.63, 3.8) is 0 Å². The van der Waals surface area contributed by atoms with Crippen molar-refractivity contribution < 1.29 is 9.53 Å². The third-order valence-electron chi connectivity index (χ3n) is 5.44. The monoisotopic (exact) mass is 334 g/mol. The number of ether oxygens (including phenoxy) is 1. The highest BCUT2D eigenvalue weighted by atomic mass is 79.9. The van der Waals surface area contributed by atoms with Crippen molar-refractivity contribution in [1.29, 1.82) is 0 Å². The molecule has 0 aromatic heterocycles. The van der Waals surface area contributed by atoms with Crippen LogP contribution in [-0.2, 0) is 4.74 Å². The topological polar surface area (TPSA) is 26.3 Å². The van der Waals surface area contributed by atoms with Gasteiger partial charge < -0.3 is 4.74 Å². The van der Waals surface area contributed by atoms with E-state index in [1.807, 2.05) is 24.3 Å². The Morgan fingerprint density at radius 2 is 1.70 bits per heavy atom. The van der Waals surface area contributed by atoms with Gasteiger partial charge in [0.1, 0.15) is 6.10 Å². The van der Waals surface area contributed by atoms with Crippen molar-refractivity contribution in [2.24, 2.45) is 23.7 Å². The molecule has 4 fully saturated rings. The second kappa shape index (κ2) is 4.87. The van der Waals surface area contributed by atoms with Gasteiger partial charge in [-0.25, -0.2) is 4.79 Å². The Bertz CT molecular complexity index is 512. The van der Waals surface area contributed by atoms with Gasteiger partial charge in [0.15, 0.2) is 0 Å². The zero-order valence-corrected chi connectivity index (χ0v) is 13.0. The summed E-state index contributed by atoms with van der Waals surface area (Å²) in [6, 6.07) is 7.50. The van der Waals surface area contributed by atoms with Crippen molar-refractivity contribution in [2.45, 2.75) is 38.2 Å². The lowest BCUT2D eigenvalue weighted by molar-refractivity contribution is -0.101. The summed E-state index contributed by atoms with van der Waals surface area (Å²) in [6.07, 6.45) is 6.73. The van der Waals surface area contributed by atoms with Gasteiger partial charge in [0, 0.05) is 4.47 Å². The summed E-state index contributed by atoms with van der Waals surface area (Å²) in [6.45, 7) is 0. The predicted molar refractivity (Wildman–Crippen MR) is 80.4 cm³/mol. The quantitative estimate of drug-likeness (QED) is 0.748. The van der Waals surface area contributed by atoms with Crippen LogP contribution in [0.5, 0.6) is 0 Å². The molecule has 1 aromatic rings. The van der Waals surface area contributed by atoms with Gasteiger partial charge in [-0.15, -0.1) is 0 Å². The number of rotatable bonds is 2. The highest BCUT2D eigenvalue weighted by molar-refractivity contribution is 9.10. The molecule has 4 bridgehead atoms. The van der Waals surface area contributed by atoms with E-state index in [2.05, 4.69) is 15.9 Å². The van der Waals surface area contributed by atoms with Crippen LogP contribution < -0.4 is 0 Å². The Morgan fingerprint density at radius 1 is 1.05 bits per heavy atom. The highest BCUT2D eigenvalue weighted by Crippen LogP contribution is 2.54. The molecule has 0 aliphatic heterocycles. The average molecular weight is 335 g/mol. The van der Waals surface area contributed by atoms with E-state index in [-0.39, 0.29) is 12.1 Å². The second-order valence-electron chi connectivity index (χ2n) is 6.81. The van der Waals surface area contributed by atoms with Gasteiger partial charge in [0.2, 0.25) is 0 Å². The van der Waals surface area contributed by atoms with E-state index in [1.165, 1.54) is 32.1 Å². The van der Waals surface area contributed by atoms with E-state index < -0.39 is 0 Å². The van der Waals surface area contributed by atoms with Crippen LogP contribution in [-0.4, -0.2) is 12.1 Å². The minimum absolute atomic E-state index is 0.149. The van der Waals surface area contributed by atoms with E-state index in [0.717, 1.165) is 16.3 Å². The first-order valence-corrected chi connectivity index (χ1v) is 8.45. The molecule has 5 rings (SSSR count). The molecule has 3 heteroatoms. The second-order valence-corrected chi connectivity index (χ2v) is 7.73. The van der Waals surface area contributed by atoms with Crippen molar-refractivity contribution in [1.82, 2.24) is 0 Å². The molecule has 20 heavy (non-hydrogen) atoms. The van der Waals surface area contributed by atoms with Crippen LogP contribution in [0.1, 0.15) is 42.5 Å². The molecular formula is C17H19BrO2. The average Bonchev–Trinajstić information content (AvgIpc) is 2.42. The van der Waals surface area contributed by atoms with E-state index >= 15 is 0 Å². The minimum Gasteiger partial charge on any atom is -0.458 e. The van der Waals surface area contributed by atoms with Gasteiger partial charge in [-0.2, -0.15) is 0 Å². The molecule has 0 heterocycles. The maximum absolute atomic E-state index is 12.3. The van der Waals surface area contributed by atoms with E-state index in [0.29, 0.717) is 17.4 Å². The van der Waals surface area contributed by atoms with Crippen LogP contribution in [0.15, 0.2) is 28.7 Å². The van der Waals surface area contributed by atoms with Crippen LogP contribution in [0, 0.1) is 23.7 Å². The number of esters is 1. The summed E-state index contributed by atoms with van der Waals surface area (Å²) in [5, 5.41) is 0. The molecule has 106 valence electrons. The Labute approximate surface area is 128 Å². The molecule has 1 aromatic carbocycles. The molecule has 2 nitrogen and oxygen atoms in total. The number of carbonyl (C=O) groups excluding carboxylic acids is 1. The third-order valence-corrected chi connectivity index (χ3v) is 5.94. The van der Waals surface area contributed by atoms with Crippen molar-refractivity contribution in [3.8, 4) is 0 Å². The maximum Gasteiger partial charge on any atom is 0.338 e. The lowest BCUT2D eigenvalue weighted by atomic mass is 9.55. The largest absolute Gasteiger partial charge is 0.458 e. The van der Waals surface area contributed by atoms with E-state index in [4.69, 9.17) is 4.74 Å². The lowest BCUT2D eigenvalue weighted by Gasteiger charge is -2.53. The number of hydrogen-bond donors (Lipinski definition) is 0. The molecule has 4 saturated carbocycles. The maximum atomic E-state index is 12.3. The van der Waals surface area contributed by atoms with Crippen LogP contribution in [0.25, 0.3) is 0 Å². The standard InChI is InChI=1S/C17H19BrO2/c18-15-3-1-2-12(9-15)17(19)20-16-13-5-10-4-11(7-13)8-14(16)6-10/h1-3,9-11,13-14,16H,4-8H2. The summed E-state index contributed by atoms with van der Waals surface area (Å²) in [4.78, 5) is 12.3. The van der Waals surface area contributed by atoms with E-state index in [1.54, 1.807) is 0 Å². The number of halogens is 1. The zero-order chi connectivity index (χ0) is 13.7. The Morgan fingerprint density at radius 3 is 2.30 bits per heavy atom. The van der Waals surface area contributed by atoms with Crippen molar-refractivity contribution in [2.75, 3.05) is 0 Å². The number of carbonyl (C=O) groups is 1. The van der Waals surface area contributed by atoms with Crippen LogP contribution in [0.2, 0.25) is 0 Å². The first kappa shape index (κ1) is 12.9. The molecule has 0 amide bonds. The molecule has 0 atom stereocenters. The summed E-state index contributed by atoms with van der Waals surface area (Å²) < 4.78 is 6.84. The summed E-state index contributed by atoms with van der Waals surface area (Å²) in [5.41, 5.74) is 0.660. The van der Waals surface area contributed by atoms with Gasteiger partial charge in [0.25, 0.3) is 0 Å². The summed E-state index contributed by atoms with van der Waals surface area (Å²) >= 11 is 3.41. The first-order chi connectivity index (χ1) is 9.69. The van der Waals surface area contributed by atoms with Crippen LogP contribution in [0.3, 0.4) is 0 Å². The van der Waals surface area contributed by atoms with Gasteiger partial charge in [-0.3, -0.25) is 0 Å². The Hall–Kier alpha value is -0.830. The zero-order valence-electron chi connectivity index (χ0n) is 11.4. The van der Waals surface area contributed by atoms with Crippen molar-refractivity contribution in [3.05, 3.63) is 34.3 Å². The molecule has 0 unspecified atom stereocenters. The first-order valence-electron chi connectivity index (χ1n) is 7.65. The van der Waals surface area contributed by atoms with Gasteiger partial charge in [-0.1, -0.05) is 22.0 Å².